The number of hydrogen-bond donors (Lipinski definition) is 1. The van der Waals surface area contributed by atoms with E-state index in [0.29, 0.717) is 12.8 Å². The van der Waals surface area contributed by atoms with Gasteiger partial charge in [0.2, 0.25) is 0 Å². The van der Waals surface area contributed by atoms with Crippen LogP contribution in [0, 0.1) is 0 Å². The van der Waals surface area contributed by atoms with Crippen molar-refractivity contribution < 1.29 is 23.9 Å². The van der Waals surface area contributed by atoms with Crippen molar-refractivity contribution in [3.8, 4) is 0 Å². The molecular weight excluding hydrogens is 242 g/mol. The van der Waals surface area contributed by atoms with Gasteiger partial charge in [-0.25, -0.2) is 14.6 Å². The summed E-state index contributed by atoms with van der Waals surface area (Å²) in [5, 5.41) is 7.30. The van der Waals surface area contributed by atoms with Crippen LogP contribution >= 0.6 is 0 Å². The van der Waals surface area contributed by atoms with Gasteiger partial charge in [-0.15, -0.1) is 0 Å². The van der Waals surface area contributed by atoms with Gasteiger partial charge in [-0.1, -0.05) is 0 Å². The van der Waals surface area contributed by atoms with Crippen LogP contribution in [0.4, 0.5) is 4.79 Å². The van der Waals surface area contributed by atoms with Gasteiger partial charge in [0, 0.05) is 6.21 Å². The van der Waals surface area contributed by atoms with Crippen LogP contribution in [0.2, 0.25) is 0 Å². The highest BCUT2D eigenvalue weighted by molar-refractivity contribution is 5.92. The Kier molecular flexibility index (Phi) is 3.45. The second kappa shape index (κ2) is 5.03. The predicted molar refractivity (Wildman–Crippen MR) is 58.6 cm³/mol. The van der Waals surface area contributed by atoms with E-state index < -0.39 is 30.1 Å². The Morgan fingerprint density at radius 2 is 2.39 bits per heavy atom. The molecule has 1 fully saturated rings. The number of cyclic esters (lactones) is 1. The lowest BCUT2D eigenvalue weighted by Crippen LogP contribution is -2.51. The van der Waals surface area contributed by atoms with E-state index >= 15 is 0 Å². The van der Waals surface area contributed by atoms with E-state index in [0.717, 1.165) is 5.01 Å². The van der Waals surface area contributed by atoms with E-state index in [2.05, 4.69) is 19.9 Å². The summed E-state index contributed by atoms with van der Waals surface area (Å²) >= 11 is 0. The summed E-state index contributed by atoms with van der Waals surface area (Å²) in [5.41, 5.74) is 0. The number of hydrazone groups is 1. The van der Waals surface area contributed by atoms with Crippen LogP contribution in [-0.4, -0.2) is 55.0 Å². The molecule has 0 aromatic heterocycles. The van der Waals surface area contributed by atoms with Gasteiger partial charge in [0.15, 0.2) is 6.04 Å². The number of hydrogen-bond acceptors (Lipinski definition) is 6. The molecule has 2 atom stereocenters. The fourth-order valence-corrected chi connectivity index (χ4v) is 1.82. The first-order valence-electron chi connectivity index (χ1n) is 5.50. The summed E-state index contributed by atoms with van der Waals surface area (Å²) in [6.45, 7) is -0.0580. The molecule has 2 heterocycles. The molecule has 1 N–H and O–H groups in total. The molecule has 0 unspecified atom stereocenters. The number of nitrogens with zero attached hydrogens (tertiary/aromatic N) is 2. The number of amides is 2. The Balaban J connectivity index is 2.11. The minimum absolute atomic E-state index is 0.0580. The smallest absolute Gasteiger partial charge is 0.407 e. The molecule has 0 bridgehead atoms. The number of carbonyl (C=O) groups excluding carboxylic acids is 3. The monoisotopic (exact) mass is 255 g/mol. The van der Waals surface area contributed by atoms with E-state index in [1.807, 2.05) is 0 Å². The Labute approximate surface area is 103 Å². The molecule has 2 aliphatic rings. The highest BCUT2D eigenvalue weighted by Crippen LogP contribution is 2.16. The van der Waals surface area contributed by atoms with Crippen LogP contribution in [0.1, 0.15) is 12.8 Å². The van der Waals surface area contributed by atoms with Crippen molar-refractivity contribution in [3.63, 3.8) is 0 Å². The van der Waals surface area contributed by atoms with Crippen LogP contribution in [0.3, 0.4) is 0 Å². The highest BCUT2D eigenvalue weighted by atomic mass is 16.6. The normalized spacial score (nSPS) is 26.5. The maximum absolute atomic E-state index is 12.1. The van der Waals surface area contributed by atoms with Crippen LogP contribution in [0.15, 0.2) is 5.10 Å². The van der Waals surface area contributed by atoms with E-state index in [1.54, 1.807) is 6.21 Å². The molecule has 2 aliphatic heterocycles. The summed E-state index contributed by atoms with van der Waals surface area (Å²) in [5.74, 6) is -1.00. The van der Waals surface area contributed by atoms with Gasteiger partial charge in [0.05, 0.1) is 7.11 Å². The zero-order valence-electron chi connectivity index (χ0n) is 9.79. The zero-order chi connectivity index (χ0) is 13.1. The lowest BCUT2D eigenvalue weighted by molar-refractivity contribution is -0.154. The second-order valence-corrected chi connectivity index (χ2v) is 3.89. The Bertz CT molecular complexity index is 408. The number of nitrogens with one attached hydrogen (secondary N) is 1. The van der Waals surface area contributed by atoms with Crippen LogP contribution in [0.25, 0.3) is 0 Å². The van der Waals surface area contributed by atoms with Gasteiger partial charge in [0.25, 0.3) is 5.91 Å². The molecule has 0 aromatic rings. The molecule has 1 saturated heterocycles. The van der Waals surface area contributed by atoms with Crippen molar-refractivity contribution in [1.29, 1.82) is 0 Å². The summed E-state index contributed by atoms with van der Waals surface area (Å²) in [7, 11) is 1.25. The zero-order valence-corrected chi connectivity index (χ0v) is 9.79. The van der Waals surface area contributed by atoms with Gasteiger partial charge in [0.1, 0.15) is 12.6 Å². The first-order chi connectivity index (χ1) is 8.63. The molecule has 18 heavy (non-hydrogen) atoms. The first-order valence-corrected chi connectivity index (χ1v) is 5.50. The van der Waals surface area contributed by atoms with Crippen molar-refractivity contribution in [3.05, 3.63) is 0 Å². The number of esters is 1. The average Bonchev–Trinajstić information content (AvgIpc) is 2.83. The largest absolute Gasteiger partial charge is 0.467 e. The van der Waals surface area contributed by atoms with Crippen molar-refractivity contribution in [2.24, 2.45) is 5.10 Å². The summed E-state index contributed by atoms with van der Waals surface area (Å²) in [4.78, 5) is 34.5. The molecule has 2 amide bonds. The fraction of sp³-hybridized carbons (Fsp3) is 0.600. The van der Waals surface area contributed by atoms with Gasteiger partial charge in [-0.2, -0.15) is 5.10 Å². The van der Waals surface area contributed by atoms with Crippen LogP contribution < -0.4 is 5.32 Å². The molecule has 0 aliphatic carbocycles. The lowest BCUT2D eigenvalue weighted by Gasteiger charge is -2.29. The number of ether oxygens (including phenoxy) is 2. The fourth-order valence-electron chi connectivity index (χ4n) is 1.82. The van der Waals surface area contributed by atoms with Crippen molar-refractivity contribution in [2.75, 3.05) is 13.7 Å². The van der Waals surface area contributed by atoms with Crippen molar-refractivity contribution in [1.82, 2.24) is 10.3 Å². The molecule has 8 nitrogen and oxygen atoms in total. The summed E-state index contributed by atoms with van der Waals surface area (Å²) in [6, 6.07) is -1.55. The van der Waals surface area contributed by atoms with Gasteiger partial charge >= 0.3 is 12.1 Å². The Morgan fingerprint density at radius 1 is 1.61 bits per heavy atom. The van der Waals surface area contributed by atoms with Crippen LogP contribution in [0.5, 0.6) is 0 Å². The third kappa shape index (κ3) is 2.27. The molecule has 0 radical (unpaired) electrons. The Hall–Kier alpha value is -2.12. The maximum Gasteiger partial charge on any atom is 0.407 e. The third-order valence-electron chi connectivity index (χ3n) is 2.74. The second-order valence-electron chi connectivity index (χ2n) is 3.89. The molecule has 0 aromatic carbocycles. The minimum Gasteiger partial charge on any atom is -0.467 e. The summed E-state index contributed by atoms with van der Waals surface area (Å²) in [6.07, 6.45) is 1.94. The quantitative estimate of drug-likeness (QED) is 0.654. The number of carbonyl (C=O) groups is 3. The number of methoxy groups -OCH3 is 1. The molecule has 0 saturated carbocycles. The minimum atomic E-state index is -0.806. The highest BCUT2D eigenvalue weighted by Gasteiger charge is 2.39. The maximum atomic E-state index is 12.1. The predicted octanol–water partition coefficient (Wildman–Crippen LogP) is -0.755. The molecule has 98 valence electrons. The van der Waals surface area contributed by atoms with E-state index in [4.69, 9.17) is 0 Å². The Morgan fingerprint density at radius 3 is 3.00 bits per heavy atom. The van der Waals surface area contributed by atoms with E-state index in [9.17, 15) is 14.4 Å². The summed E-state index contributed by atoms with van der Waals surface area (Å²) < 4.78 is 9.26. The first kappa shape index (κ1) is 12.3. The molecule has 0 spiro atoms. The van der Waals surface area contributed by atoms with Gasteiger partial charge in [-0.05, 0) is 12.8 Å². The van der Waals surface area contributed by atoms with E-state index in [1.165, 1.54) is 7.11 Å². The van der Waals surface area contributed by atoms with Gasteiger partial charge in [-0.3, -0.25) is 4.79 Å². The lowest BCUT2D eigenvalue weighted by atomic mass is 10.1. The molecule has 8 heteroatoms. The van der Waals surface area contributed by atoms with Crippen molar-refractivity contribution >= 4 is 24.2 Å². The topological polar surface area (TPSA) is 97.3 Å². The molecule has 2 rings (SSSR count). The van der Waals surface area contributed by atoms with Gasteiger partial charge < -0.3 is 14.8 Å². The standard InChI is InChI=1S/C10H13N3O5/c1-17-9(15)7-3-2-4-11-13(7)8(14)6-5-18-10(16)12-6/h4,6-7H,2-3,5H2,1H3,(H,12,16)/t6-,7+/m1/s1. The number of alkyl carbamates (subject to hydrolysis) is 1. The number of rotatable bonds is 2. The van der Waals surface area contributed by atoms with E-state index in [-0.39, 0.29) is 6.61 Å². The SMILES string of the molecule is COC(=O)[C@@H]1CCC=NN1C(=O)[C@H]1COC(=O)N1. The molecular formula is C10H13N3O5. The third-order valence-corrected chi connectivity index (χ3v) is 2.74. The van der Waals surface area contributed by atoms with Crippen molar-refractivity contribution in [2.45, 2.75) is 24.9 Å². The average molecular weight is 255 g/mol. The van der Waals surface area contributed by atoms with Crippen LogP contribution in [-0.2, 0) is 19.1 Å².